The Balaban J connectivity index is 1.15. The minimum atomic E-state index is 0.642. The maximum Gasteiger partial charge on any atom is 0.164 e. The van der Waals surface area contributed by atoms with Crippen LogP contribution in [-0.2, 0) is 0 Å². The van der Waals surface area contributed by atoms with E-state index in [9.17, 15) is 0 Å². The van der Waals surface area contributed by atoms with Crippen molar-refractivity contribution in [1.29, 1.82) is 0 Å². The van der Waals surface area contributed by atoms with Crippen molar-refractivity contribution in [2.75, 3.05) is 0 Å². The SMILES string of the molecule is Cc1ccc(-c2nc(-c3cccc4c3sc3cc(-c5nc(-c6ccccc6)nc(-c6ccccc6)n5)ccc34)nc3c2sc2ccccc23)cc1. The van der Waals surface area contributed by atoms with E-state index in [4.69, 9.17) is 24.9 Å². The molecule has 10 aromatic rings. The first-order valence-electron chi connectivity index (χ1n) is 16.8. The lowest BCUT2D eigenvalue weighted by Gasteiger charge is -2.08. The smallest absolute Gasteiger partial charge is 0.164 e. The first kappa shape index (κ1) is 29.7. The first-order chi connectivity index (χ1) is 25.2. The molecule has 7 heteroatoms. The minimum absolute atomic E-state index is 0.642. The van der Waals surface area contributed by atoms with Crippen LogP contribution < -0.4 is 0 Å². The molecule has 0 saturated heterocycles. The Labute approximate surface area is 301 Å². The molecule has 0 fully saturated rings. The van der Waals surface area contributed by atoms with Gasteiger partial charge in [0, 0.05) is 58.1 Å². The van der Waals surface area contributed by atoms with Crippen molar-refractivity contribution in [3.05, 3.63) is 151 Å². The van der Waals surface area contributed by atoms with Gasteiger partial charge in [-0.25, -0.2) is 24.9 Å². The minimum Gasteiger partial charge on any atom is -0.226 e. The van der Waals surface area contributed by atoms with E-state index in [2.05, 4.69) is 91.9 Å². The third-order valence-corrected chi connectivity index (χ3v) is 11.6. The summed E-state index contributed by atoms with van der Waals surface area (Å²) in [4.78, 5) is 25.4. The van der Waals surface area contributed by atoms with E-state index in [1.807, 2.05) is 60.7 Å². The van der Waals surface area contributed by atoms with E-state index < -0.39 is 0 Å². The fraction of sp³-hybridized carbons (Fsp3) is 0.0227. The number of thiophene rings is 2. The zero-order valence-electron chi connectivity index (χ0n) is 27.4. The molecule has 240 valence electrons. The van der Waals surface area contributed by atoms with Gasteiger partial charge in [-0.1, -0.05) is 133 Å². The zero-order chi connectivity index (χ0) is 33.9. The van der Waals surface area contributed by atoms with Crippen molar-refractivity contribution in [3.8, 4) is 56.8 Å². The van der Waals surface area contributed by atoms with E-state index in [0.29, 0.717) is 17.5 Å². The molecular weight excluding hydrogens is 663 g/mol. The van der Waals surface area contributed by atoms with Gasteiger partial charge in [-0.2, -0.15) is 0 Å². The van der Waals surface area contributed by atoms with Crippen LogP contribution >= 0.6 is 22.7 Å². The number of aromatic nitrogens is 5. The Morgan fingerprint density at radius 3 is 1.73 bits per heavy atom. The fourth-order valence-corrected chi connectivity index (χ4v) is 9.07. The molecule has 0 radical (unpaired) electrons. The summed E-state index contributed by atoms with van der Waals surface area (Å²) in [5.41, 5.74) is 8.15. The van der Waals surface area contributed by atoms with Crippen molar-refractivity contribution < 1.29 is 0 Å². The van der Waals surface area contributed by atoms with Crippen LogP contribution in [0.1, 0.15) is 5.56 Å². The largest absolute Gasteiger partial charge is 0.226 e. The van der Waals surface area contributed by atoms with Gasteiger partial charge in [-0.15, -0.1) is 22.7 Å². The topological polar surface area (TPSA) is 64.5 Å². The molecule has 0 aliphatic rings. The average Bonchev–Trinajstić information content (AvgIpc) is 3.76. The second kappa shape index (κ2) is 12.0. The molecular formula is C44H27N5S2. The number of hydrogen-bond acceptors (Lipinski definition) is 7. The van der Waals surface area contributed by atoms with Crippen LogP contribution in [0, 0.1) is 6.92 Å². The molecule has 51 heavy (non-hydrogen) atoms. The number of benzene rings is 6. The lowest BCUT2D eigenvalue weighted by atomic mass is 10.1. The van der Waals surface area contributed by atoms with Gasteiger partial charge in [-0.3, -0.25) is 0 Å². The van der Waals surface area contributed by atoms with Crippen LogP contribution in [0.2, 0.25) is 0 Å². The monoisotopic (exact) mass is 689 g/mol. The highest BCUT2D eigenvalue weighted by Gasteiger charge is 2.20. The van der Waals surface area contributed by atoms with Crippen molar-refractivity contribution in [1.82, 2.24) is 24.9 Å². The van der Waals surface area contributed by atoms with Gasteiger partial charge in [0.25, 0.3) is 0 Å². The summed E-state index contributed by atoms with van der Waals surface area (Å²) in [6, 6.07) is 50.3. The third-order valence-electron chi connectivity index (χ3n) is 9.24. The quantitative estimate of drug-likeness (QED) is 0.180. The van der Waals surface area contributed by atoms with Crippen molar-refractivity contribution >= 4 is 63.1 Å². The van der Waals surface area contributed by atoms with E-state index in [1.54, 1.807) is 22.7 Å². The summed E-state index contributed by atoms with van der Waals surface area (Å²) < 4.78 is 4.63. The Morgan fingerprint density at radius 2 is 1.00 bits per heavy atom. The van der Waals surface area contributed by atoms with E-state index >= 15 is 0 Å². The fourth-order valence-electron chi connectivity index (χ4n) is 6.67. The second-order valence-corrected chi connectivity index (χ2v) is 14.7. The van der Waals surface area contributed by atoms with Crippen molar-refractivity contribution in [2.24, 2.45) is 0 Å². The highest BCUT2D eigenvalue weighted by molar-refractivity contribution is 7.26. The summed E-state index contributed by atoms with van der Waals surface area (Å²) in [5, 5.41) is 3.52. The molecule has 0 aliphatic carbocycles. The Kier molecular flexibility index (Phi) is 7.01. The number of aryl methyl sites for hydroxylation is 1. The van der Waals surface area contributed by atoms with Gasteiger partial charge in [-0.05, 0) is 25.1 Å². The molecule has 0 amide bonds. The van der Waals surface area contributed by atoms with E-state index in [1.165, 1.54) is 21.0 Å². The van der Waals surface area contributed by atoms with Gasteiger partial charge in [0.2, 0.25) is 0 Å². The molecule has 0 bridgehead atoms. The zero-order valence-corrected chi connectivity index (χ0v) is 29.0. The highest BCUT2D eigenvalue weighted by atomic mass is 32.1. The van der Waals surface area contributed by atoms with Gasteiger partial charge in [0.15, 0.2) is 23.3 Å². The normalized spacial score (nSPS) is 11.6. The number of nitrogens with zero attached hydrogens (tertiary/aromatic N) is 5. The standard InChI is InChI=1S/C44H27N5S2/c1-26-19-21-27(22-20-26)37-40-38(33-15-8-9-18-35(33)50-40)46-44(45-37)34-17-10-16-32-31-24-23-30(25-36(31)51-39(32)34)43-48-41(28-11-4-2-5-12-28)47-42(49-43)29-13-6-3-7-14-29/h2-25H,1H3. The van der Waals surface area contributed by atoms with Gasteiger partial charge < -0.3 is 0 Å². The predicted molar refractivity (Wildman–Crippen MR) is 213 cm³/mol. The summed E-state index contributed by atoms with van der Waals surface area (Å²) in [5.74, 6) is 2.67. The lowest BCUT2D eigenvalue weighted by Crippen LogP contribution is -1.99. The molecule has 0 atom stereocenters. The molecule has 0 unspecified atom stereocenters. The Bertz CT molecular complexity index is 2860. The van der Waals surface area contributed by atoms with Gasteiger partial charge >= 0.3 is 0 Å². The average molecular weight is 690 g/mol. The summed E-state index contributed by atoms with van der Waals surface area (Å²) in [6.45, 7) is 2.11. The summed E-state index contributed by atoms with van der Waals surface area (Å²) >= 11 is 3.52. The maximum atomic E-state index is 5.31. The number of rotatable bonds is 5. The van der Waals surface area contributed by atoms with Crippen molar-refractivity contribution in [2.45, 2.75) is 6.92 Å². The summed E-state index contributed by atoms with van der Waals surface area (Å²) in [7, 11) is 0. The molecule has 0 saturated carbocycles. The van der Waals surface area contributed by atoms with Crippen LogP contribution in [0.15, 0.2) is 146 Å². The molecule has 6 aromatic carbocycles. The Morgan fingerprint density at radius 1 is 0.392 bits per heavy atom. The highest BCUT2D eigenvalue weighted by Crippen LogP contribution is 2.43. The lowest BCUT2D eigenvalue weighted by molar-refractivity contribution is 1.07. The molecule has 5 nitrogen and oxygen atoms in total. The number of hydrogen-bond donors (Lipinski definition) is 0. The first-order valence-corrected chi connectivity index (χ1v) is 18.4. The predicted octanol–water partition coefficient (Wildman–Crippen LogP) is 12.0. The molecule has 0 spiro atoms. The van der Waals surface area contributed by atoms with Gasteiger partial charge in [0.05, 0.1) is 15.9 Å². The van der Waals surface area contributed by atoms with E-state index in [0.717, 1.165) is 64.3 Å². The number of fused-ring (bicyclic) bond motifs is 6. The van der Waals surface area contributed by atoms with Crippen molar-refractivity contribution in [3.63, 3.8) is 0 Å². The molecule has 0 aliphatic heterocycles. The maximum absolute atomic E-state index is 5.31. The van der Waals surface area contributed by atoms with E-state index in [-0.39, 0.29) is 0 Å². The molecule has 4 heterocycles. The van der Waals surface area contributed by atoms with Crippen LogP contribution in [0.5, 0.6) is 0 Å². The Hall–Kier alpha value is -6.15. The van der Waals surface area contributed by atoms with Gasteiger partial charge in [0.1, 0.15) is 0 Å². The van der Waals surface area contributed by atoms with Crippen LogP contribution in [-0.4, -0.2) is 24.9 Å². The van der Waals surface area contributed by atoms with Crippen LogP contribution in [0.25, 0.3) is 97.3 Å². The molecule has 10 rings (SSSR count). The third kappa shape index (κ3) is 5.17. The summed E-state index contributed by atoms with van der Waals surface area (Å²) in [6.07, 6.45) is 0. The molecule has 0 N–H and O–H groups in total. The molecule has 4 aromatic heterocycles. The van der Waals surface area contributed by atoms with Crippen LogP contribution in [0.3, 0.4) is 0 Å². The second-order valence-electron chi connectivity index (χ2n) is 12.6. The van der Waals surface area contributed by atoms with Crippen LogP contribution in [0.4, 0.5) is 0 Å².